The molecule has 0 fully saturated rings. The van der Waals surface area contributed by atoms with Crippen molar-refractivity contribution in [2.24, 2.45) is 5.16 Å². The van der Waals surface area contributed by atoms with Gasteiger partial charge in [-0.25, -0.2) is 0 Å². The topological polar surface area (TPSA) is 49.7 Å². The Morgan fingerprint density at radius 2 is 2.00 bits per heavy atom. The average Bonchev–Trinajstić information content (AvgIpc) is 2.16. The summed E-state index contributed by atoms with van der Waals surface area (Å²) in [7, 11) is 0. The molecule has 0 spiro atoms. The number of nitrogens with zero attached hydrogens (tertiary/aromatic N) is 1. The number of hydrogen-bond donors (Lipinski definition) is 1. The molecule has 0 unspecified atom stereocenters. The molecule has 0 aliphatic heterocycles. The summed E-state index contributed by atoms with van der Waals surface area (Å²) >= 11 is 0. The van der Waals surface area contributed by atoms with Crippen LogP contribution in [-0.4, -0.2) is 17.7 Å². The first-order valence-electron chi connectivity index (χ1n) is 4.04. The molecule has 3 nitrogen and oxygen atoms in total. The molecule has 0 radical (unpaired) electrons. The smallest absolute Gasteiger partial charge is 0.124 e. The van der Waals surface area contributed by atoms with Crippen LogP contribution in [0.4, 0.5) is 0 Å². The van der Waals surface area contributed by atoms with E-state index in [1.165, 1.54) is 6.21 Å². The number of oxime groups is 1. The van der Waals surface area contributed by atoms with Crippen molar-refractivity contribution in [3.8, 4) is 0 Å². The number of hydrogen-bond acceptors (Lipinski definition) is 3. The maximum Gasteiger partial charge on any atom is 0.124 e. The second kappa shape index (κ2) is 5.09. The van der Waals surface area contributed by atoms with Crippen LogP contribution < -0.4 is 0 Å². The third kappa shape index (κ3) is 3.07. The first-order valence-corrected chi connectivity index (χ1v) is 4.04. The molecule has 0 heterocycles. The fourth-order valence-electron chi connectivity index (χ4n) is 1.13. The summed E-state index contributed by atoms with van der Waals surface area (Å²) in [6, 6.07) is 7.64. The SMILES string of the molecule is O=CCc1cccc(CC=NO)c1. The predicted molar refractivity (Wildman–Crippen MR) is 50.2 cm³/mol. The number of carbonyl (C=O) groups is 1. The van der Waals surface area contributed by atoms with Gasteiger partial charge in [-0.15, -0.1) is 5.16 Å². The van der Waals surface area contributed by atoms with Crippen LogP contribution in [0, 0.1) is 0 Å². The van der Waals surface area contributed by atoms with Crippen molar-refractivity contribution in [3.05, 3.63) is 35.4 Å². The Kier molecular flexibility index (Phi) is 3.70. The summed E-state index contributed by atoms with van der Waals surface area (Å²) in [5, 5.41) is 11.1. The maximum absolute atomic E-state index is 10.2. The van der Waals surface area contributed by atoms with Crippen molar-refractivity contribution in [1.82, 2.24) is 0 Å². The van der Waals surface area contributed by atoms with E-state index in [1.807, 2.05) is 24.3 Å². The second-order valence-electron chi connectivity index (χ2n) is 2.69. The molecule has 1 aromatic carbocycles. The van der Waals surface area contributed by atoms with Gasteiger partial charge in [0.05, 0.1) is 0 Å². The summed E-state index contributed by atoms with van der Waals surface area (Å²) in [6.45, 7) is 0. The van der Waals surface area contributed by atoms with Crippen LogP contribution in [0.2, 0.25) is 0 Å². The molecular formula is C10H11NO2. The summed E-state index contributed by atoms with van der Waals surface area (Å²) < 4.78 is 0. The fourth-order valence-corrected chi connectivity index (χ4v) is 1.13. The van der Waals surface area contributed by atoms with Gasteiger partial charge in [-0.3, -0.25) is 0 Å². The van der Waals surface area contributed by atoms with Gasteiger partial charge in [0.2, 0.25) is 0 Å². The third-order valence-corrected chi connectivity index (χ3v) is 1.72. The minimum Gasteiger partial charge on any atom is -0.411 e. The predicted octanol–water partition coefficient (Wildman–Crippen LogP) is 1.43. The van der Waals surface area contributed by atoms with E-state index in [9.17, 15) is 4.79 Å². The van der Waals surface area contributed by atoms with Crippen molar-refractivity contribution < 1.29 is 10.0 Å². The quantitative estimate of drug-likeness (QED) is 0.327. The molecule has 0 saturated carbocycles. The fraction of sp³-hybridized carbons (Fsp3) is 0.200. The molecule has 1 N–H and O–H groups in total. The highest BCUT2D eigenvalue weighted by Crippen LogP contribution is 2.05. The van der Waals surface area contributed by atoms with Crippen LogP contribution in [0.3, 0.4) is 0 Å². The lowest BCUT2D eigenvalue weighted by Crippen LogP contribution is -1.90. The minimum atomic E-state index is 0.435. The van der Waals surface area contributed by atoms with E-state index in [0.29, 0.717) is 12.8 Å². The molecule has 1 aromatic rings. The molecule has 13 heavy (non-hydrogen) atoms. The van der Waals surface area contributed by atoms with Crippen LogP contribution in [0.1, 0.15) is 11.1 Å². The summed E-state index contributed by atoms with van der Waals surface area (Å²) in [5.74, 6) is 0. The normalized spacial score (nSPS) is 10.5. The molecular weight excluding hydrogens is 166 g/mol. The largest absolute Gasteiger partial charge is 0.411 e. The first-order chi connectivity index (χ1) is 6.36. The van der Waals surface area contributed by atoms with Crippen LogP contribution in [0.15, 0.2) is 29.4 Å². The summed E-state index contributed by atoms with van der Waals surface area (Å²) in [6.07, 6.45) is 3.31. The van der Waals surface area contributed by atoms with Gasteiger partial charge in [0.25, 0.3) is 0 Å². The lowest BCUT2D eigenvalue weighted by atomic mass is 10.1. The van der Waals surface area contributed by atoms with E-state index in [4.69, 9.17) is 5.21 Å². The zero-order chi connectivity index (χ0) is 9.52. The average molecular weight is 177 g/mol. The third-order valence-electron chi connectivity index (χ3n) is 1.72. The Balaban J connectivity index is 2.72. The van der Waals surface area contributed by atoms with E-state index >= 15 is 0 Å². The van der Waals surface area contributed by atoms with Crippen molar-refractivity contribution in [2.45, 2.75) is 12.8 Å². The minimum absolute atomic E-state index is 0.435. The zero-order valence-corrected chi connectivity index (χ0v) is 7.18. The molecule has 0 bridgehead atoms. The Hall–Kier alpha value is -1.64. The zero-order valence-electron chi connectivity index (χ0n) is 7.18. The molecule has 3 heteroatoms. The van der Waals surface area contributed by atoms with E-state index in [0.717, 1.165) is 17.4 Å². The number of aldehydes is 1. The number of benzene rings is 1. The van der Waals surface area contributed by atoms with Gasteiger partial charge in [-0.2, -0.15) is 0 Å². The highest BCUT2D eigenvalue weighted by Gasteiger charge is 1.93. The van der Waals surface area contributed by atoms with Gasteiger partial charge < -0.3 is 10.0 Å². The lowest BCUT2D eigenvalue weighted by Gasteiger charge is -1.98. The number of rotatable bonds is 4. The molecule has 68 valence electrons. The molecule has 0 aliphatic carbocycles. The standard InChI is InChI=1S/C10H11NO2/c12-7-5-10-3-1-2-9(8-10)4-6-11-13/h1-3,6-8,13H,4-5H2. The van der Waals surface area contributed by atoms with E-state index in [2.05, 4.69) is 5.16 Å². The summed E-state index contributed by atoms with van der Waals surface area (Å²) in [4.78, 5) is 10.2. The van der Waals surface area contributed by atoms with E-state index in [1.54, 1.807) is 0 Å². The lowest BCUT2D eigenvalue weighted by molar-refractivity contribution is -0.107. The van der Waals surface area contributed by atoms with Crippen LogP contribution in [0.25, 0.3) is 0 Å². The van der Waals surface area contributed by atoms with Gasteiger partial charge in [0, 0.05) is 19.1 Å². The van der Waals surface area contributed by atoms with Gasteiger partial charge in [0.1, 0.15) is 6.29 Å². The highest BCUT2D eigenvalue weighted by molar-refractivity contribution is 5.61. The van der Waals surface area contributed by atoms with Crippen molar-refractivity contribution in [1.29, 1.82) is 0 Å². The van der Waals surface area contributed by atoms with Gasteiger partial charge in [-0.1, -0.05) is 24.3 Å². The van der Waals surface area contributed by atoms with Gasteiger partial charge in [-0.05, 0) is 11.1 Å². The van der Waals surface area contributed by atoms with Gasteiger partial charge >= 0.3 is 0 Å². The summed E-state index contributed by atoms with van der Waals surface area (Å²) in [5.41, 5.74) is 2.02. The molecule has 0 saturated heterocycles. The number of carbonyl (C=O) groups excluding carboxylic acids is 1. The Morgan fingerprint density at radius 3 is 2.62 bits per heavy atom. The van der Waals surface area contributed by atoms with E-state index < -0.39 is 0 Å². The van der Waals surface area contributed by atoms with Crippen LogP contribution >= 0.6 is 0 Å². The second-order valence-corrected chi connectivity index (χ2v) is 2.69. The van der Waals surface area contributed by atoms with Crippen molar-refractivity contribution in [2.75, 3.05) is 0 Å². The monoisotopic (exact) mass is 177 g/mol. The molecule has 0 amide bonds. The molecule has 0 atom stereocenters. The first kappa shape index (κ1) is 9.45. The molecule has 1 rings (SSSR count). The van der Waals surface area contributed by atoms with Crippen molar-refractivity contribution >= 4 is 12.5 Å². The highest BCUT2D eigenvalue weighted by atomic mass is 16.4. The maximum atomic E-state index is 10.2. The Labute approximate surface area is 76.7 Å². The molecule has 0 aliphatic rings. The Morgan fingerprint density at radius 1 is 1.31 bits per heavy atom. The van der Waals surface area contributed by atoms with Crippen LogP contribution in [0.5, 0.6) is 0 Å². The van der Waals surface area contributed by atoms with Crippen LogP contribution in [-0.2, 0) is 17.6 Å². The molecule has 0 aromatic heterocycles. The van der Waals surface area contributed by atoms with Crippen molar-refractivity contribution in [3.63, 3.8) is 0 Å². The Bertz CT molecular complexity index is 308. The van der Waals surface area contributed by atoms with Gasteiger partial charge in [0.15, 0.2) is 0 Å². The van der Waals surface area contributed by atoms with E-state index in [-0.39, 0.29) is 0 Å².